The van der Waals surface area contributed by atoms with E-state index < -0.39 is 31.1 Å². The van der Waals surface area contributed by atoms with E-state index in [-0.39, 0.29) is 5.91 Å². The van der Waals surface area contributed by atoms with Crippen molar-refractivity contribution in [2.75, 3.05) is 19.8 Å². The van der Waals surface area contributed by atoms with Gasteiger partial charge in [0.05, 0.1) is 22.9 Å². The highest BCUT2D eigenvalue weighted by Crippen LogP contribution is 2.40. The van der Waals surface area contributed by atoms with Crippen LogP contribution in [0.3, 0.4) is 0 Å². The van der Waals surface area contributed by atoms with Crippen LogP contribution < -0.4 is 15.4 Å². The summed E-state index contributed by atoms with van der Waals surface area (Å²) in [5.74, 6) is -1.73. The van der Waals surface area contributed by atoms with Gasteiger partial charge in [0.15, 0.2) is 6.61 Å². The van der Waals surface area contributed by atoms with E-state index in [1.165, 1.54) is 11.6 Å². The van der Waals surface area contributed by atoms with Crippen molar-refractivity contribution in [1.29, 1.82) is 0 Å². The fraction of sp³-hybridized carbons (Fsp3) is 0.143. The summed E-state index contributed by atoms with van der Waals surface area (Å²) in [5, 5.41) is 24.0. The Bertz CT molecular complexity index is 1780. The standard InChI is InChI=1S/C35H32N4O6S/c40-21-29(35(43)44)38-31(42)22-45-27-15-13-25(14-16-27)32-33(46-34(39-32)28-7-4-19-36-28)26-11-8-24(9-12-26)10-17-30(41)37-20-18-23-5-2-1-3-6-23/h1-17,19,29,36,40H,18,20-22H2,(H,37,41)(H,38,42)(H,43,44). The molecule has 0 spiro atoms. The molecule has 0 aliphatic rings. The summed E-state index contributed by atoms with van der Waals surface area (Å²) in [4.78, 5) is 44.5. The lowest BCUT2D eigenvalue weighted by Gasteiger charge is -2.12. The number of carboxylic acids is 1. The average Bonchev–Trinajstić information content (AvgIpc) is 3.77. The third-order valence-corrected chi connectivity index (χ3v) is 8.06. The number of benzene rings is 3. The lowest BCUT2D eigenvalue weighted by Crippen LogP contribution is -2.45. The van der Waals surface area contributed by atoms with Gasteiger partial charge in [0, 0.05) is 24.4 Å². The SMILES string of the molecule is O=C(C=Cc1ccc(-c2sc(-c3ccc[nH]3)nc2-c2ccc(OCC(=O)NC(CO)C(=O)O)cc2)cc1)NCCc1ccccc1. The van der Waals surface area contributed by atoms with E-state index >= 15 is 0 Å². The molecule has 1 unspecified atom stereocenters. The number of aliphatic hydroxyl groups is 1. The van der Waals surface area contributed by atoms with Gasteiger partial charge in [0.2, 0.25) is 5.91 Å². The largest absolute Gasteiger partial charge is 0.484 e. The summed E-state index contributed by atoms with van der Waals surface area (Å²) >= 11 is 1.55. The van der Waals surface area contributed by atoms with Gasteiger partial charge in [-0.05, 0) is 65.6 Å². The maximum absolute atomic E-state index is 12.3. The summed E-state index contributed by atoms with van der Waals surface area (Å²) in [6.07, 6.45) is 5.93. The van der Waals surface area contributed by atoms with Crippen molar-refractivity contribution in [2.45, 2.75) is 12.5 Å². The Kier molecular flexibility index (Phi) is 10.7. The van der Waals surface area contributed by atoms with Crippen molar-refractivity contribution in [1.82, 2.24) is 20.6 Å². The van der Waals surface area contributed by atoms with E-state index in [9.17, 15) is 14.4 Å². The molecule has 3 aromatic carbocycles. The molecule has 234 valence electrons. The zero-order chi connectivity index (χ0) is 32.3. The first-order valence-electron chi connectivity index (χ1n) is 14.5. The Morgan fingerprint density at radius 3 is 2.35 bits per heavy atom. The number of carbonyl (C=O) groups excluding carboxylic acids is 2. The number of aromatic amines is 1. The third-order valence-electron chi connectivity index (χ3n) is 6.92. The number of hydrogen-bond donors (Lipinski definition) is 5. The van der Waals surface area contributed by atoms with Crippen molar-refractivity contribution in [3.63, 3.8) is 0 Å². The monoisotopic (exact) mass is 636 g/mol. The van der Waals surface area contributed by atoms with Gasteiger partial charge >= 0.3 is 5.97 Å². The molecule has 0 aliphatic heterocycles. The van der Waals surface area contributed by atoms with E-state index in [4.69, 9.17) is 19.9 Å². The zero-order valence-electron chi connectivity index (χ0n) is 24.7. The zero-order valence-corrected chi connectivity index (χ0v) is 25.5. The number of carbonyl (C=O) groups is 3. The number of nitrogens with zero attached hydrogens (tertiary/aromatic N) is 1. The number of nitrogens with one attached hydrogen (secondary N) is 3. The number of amides is 2. The Balaban J connectivity index is 1.26. The van der Waals surface area contributed by atoms with Crippen molar-refractivity contribution in [2.24, 2.45) is 0 Å². The quantitative estimate of drug-likeness (QED) is 0.110. The fourth-order valence-corrected chi connectivity index (χ4v) is 5.60. The van der Waals surface area contributed by atoms with Gasteiger partial charge in [-0.2, -0.15) is 0 Å². The van der Waals surface area contributed by atoms with E-state index in [1.807, 2.05) is 85.1 Å². The minimum Gasteiger partial charge on any atom is -0.484 e. The lowest BCUT2D eigenvalue weighted by atomic mass is 10.0. The molecule has 0 radical (unpaired) electrons. The molecule has 2 heterocycles. The van der Waals surface area contributed by atoms with E-state index in [0.717, 1.165) is 44.4 Å². The molecule has 5 aromatic rings. The van der Waals surface area contributed by atoms with E-state index in [2.05, 4.69) is 15.6 Å². The minimum atomic E-state index is -1.39. The number of aliphatic hydroxyl groups excluding tert-OH is 1. The molecule has 0 saturated carbocycles. The van der Waals surface area contributed by atoms with Crippen LogP contribution in [0, 0.1) is 0 Å². The first kappa shape index (κ1) is 31.9. The van der Waals surface area contributed by atoms with Crippen LogP contribution >= 0.6 is 11.3 Å². The van der Waals surface area contributed by atoms with Gasteiger partial charge in [0.25, 0.3) is 5.91 Å². The Morgan fingerprint density at radius 1 is 0.935 bits per heavy atom. The molecule has 10 nitrogen and oxygen atoms in total. The van der Waals surface area contributed by atoms with Crippen LogP contribution in [0.2, 0.25) is 0 Å². The third kappa shape index (κ3) is 8.56. The van der Waals surface area contributed by atoms with Crippen LogP contribution in [0.4, 0.5) is 0 Å². The Labute approximate surface area is 269 Å². The van der Waals surface area contributed by atoms with Crippen LogP contribution in [0.5, 0.6) is 5.75 Å². The number of ether oxygens (including phenoxy) is 1. The van der Waals surface area contributed by atoms with E-state index in [1.54, 1.807) is 29.5 Å². The molecular weight excluding hydrogens is 604 g/mol. The summed E-state index contributed by atoms with van der Waals surface area (Å²) in [6, 6.07) is 27.5. The smallest absolute Gasteiger partial charge is 0.328 e. The summed E-state index contributed by atoms with van der Waals surface area (Å²) in [5.41, 5.74) is 5.52. The van der Waals surface area contributed by atoms with Crippen LogP contribution in [0.25, 0.3) is 38.5 Å². The van der Waals surface area contributed by atoms with Crippen molar-refractivity contribution >= 4 is 35.2 Å². The fourth-order valence-electron chi connectivity index (χ4n) is 4.52. The Morgan fingerprint density at radius 2 is 1.67 bits per heavy atom. The second-order valence-corrected chi connectivity index (χ2v) is 11.2. The normalized spacial score (nSPS) is 11.7. The maximum atomic E-state index is 12.3. The highest BCUT2D eigenvalue weighted by atomic mass is 32.1. The number of aromatic nitrogens is 2. The maximum Gasteiger partial charge on any atom is 0.328 e. The first-order chi connectivity index (χ1) is 22.4. The van der Waals surface area contributed by atoms with E-state index in [0.29, 0.717) is 12.3 Å². The van der Waals surface area contributed by atoms with Crippen LogP contribution in [-0.4, -0.2) is 63.8 Å². The van der Waals surface area contributed by atoms with Gasteiger partial charge in [-0.15, -0.1) is 11.3 Å². The van der Waals surface area contributed by atoms with Gasteiger partial charge < -0.3 is 30.6 Å². The summed E-state index contributed by atoms with van der Waals surface area (Å²) in [7, 11) is 0. The number of thiazole rings is 1. The molecule has 0 saturated heterocycles. The molecule has 46 heavy (non-hydrogen) atoms. The molecule has 0 bridgehead atoms. The van der Waals surface area contributed by atoms with Crippen LogP contribution in [0.1, 0.15) is 11.1 Å². The predicted octanol–water partition coefficient (Wildman–Crippen LogP) is 4.78. The lowest BCUT2D eigenvalue weighted by molar-refractivity contribution is -0.143. The second kappa shape index (κ2) is 15.5. The minimum absolute atomic E-state index is 0.150. The van der Waals surface area contributed by atoms with Crippen molar-refractivity contribution in [3.8, 4) is 38.1 Å². The molecule has 2 amide bonds. The summed E-state index contributed by atoms with van der Waals surface area (Å²) < 4.78 is 5.51. The second-order valence-electron chi connectivity index (χ2n) is 10.2. The molecule has 2 aromatic heterocycles. The molecule has 11 heteroatoms. The molecular formula is C35H32N4O6S. The highest BCUT2D eigenvalue weighted by Gasteiger charge is 2.19. The number of rotatable bonds is 14. The van der Waals surface area contributed by atoms with Crippen LogP contribution in [0.15, 0.2) is 103 Å². The van der Waals surface area contributed by atoms with Gasteiger partial charge in [-0.1, -0.05) is 54.6 Å². The molecule has 5 N–H and O–H groups in total. The van der Waals surface area contributed by atoms with Crippen molar-refractivity contribution in [3.05, 3.63) is 114 Å². The highest BCUT2D eigenvalue weighted by molar-refractivity contribution is 7.18. The van der Waals surface area contributed by atoms with Gasteiger partial charge in [-0.25, -0.2) is 9.78 Å². The average molecular weight is 637 g/mol. The topological polar surface area (TPSA) is 154 Å². The molecule has 1 atom stereocenters. The van der Waals surface area contributed by atoms with Gasteiger partial charge in [0.1, 0.15) is 16.8 Å². The molecule has 0 aliphatic carbocycles. The first-order valence-corrected chi connectivity index (χ1v) is 15.3. The number of carboxylic acid groups (broad SMARTS) is 1. The molecule has 5 rings (SSSR count). The summed E-state index contributed by atoms with van der Waals surface area (Å²) in [6.45, 7) is -0.565. The number of H-pyrrole nitrogens is 1. The van der Waals surface area contributed by atoms with Crippen LogP contribution in [-0.2, 0) is 20.8 Å². The predicted molar refractivity (Wildman–Crippen MR) is 177 cm³/mol. The Hall–Kier alpha value is -5.52. The van der Waals surface area contributed by atoms with Gasteiger partial charge in [-0.3, -0.25) is 9.59 Å². The molecule has 0 fully saturated rings. The van der Waals surface area contributed by atoms with Crippen molar-refractivity contribution < 1.29 is 29.3 Å². The number of aliphatic carboxylic acids is 1. The number of hydrogen-bond acceptors (Lipinski definition) is 7.